The summed E-state index contributed by atoms with van der Waals surface area (Å²) in [5, 5.41) is 12.8. The Kier molecular flexibility index (Phi) is 5.29. The maximum Gasteiger partial charge on any atom is 0.337 e. The van der Waals surface area contributed by atoms with E-state index >= 15 is 0 Å². The molecule has 31 heavy (non-hydrogen) atoms. The van der Waals surface area contributed by atoms with E-state index in [9.17, 15) is 19.1 Å². The number of hydrogen-bond donors (Lipinski definition) is 2. The summed E-state index contributed by atoms with van der Waals surface area (Å²) in [5.41, 5.74) is 1.95. The Morgan fingerprint density at radius 2 is 1.74 bits per heavy atom. The Morgan fingerprint density at radius 3 is 2.45 bits per heavy atom. The van der Waals surface area contributed by atoms with Crippen LogP contribution in [0.3, 0.4) is 0 Å². The van der Waals surface area contributed by atoms with Gasteiger partial charge in [0.25, 0.3) is 0 Å². The average Bonchev–Trinajstić information content (AvgIpc) is 2.77. The summed E-state index contributed by atoms with van der Waals surface area (Å²) < 4.78 is 20.8. The van der Waals surface area contributed by atoms with Gasteiger partial charge in [-0.1, -0.05) is 48.5 Å². The van der Waals surface area contributed by atoms with Gasteiger partial charge in [0.15, 0.2) is 5.76 Å². The summed E-state index contributed by atoms with van der Waals surface area (Å²) >= 11 is 0. The molecule has 156 valence electrons. The molecule has 1 atom stereocenters. The fourth-order valence-corrected chi connectivity index (χ4v) is 3.66. The molecule has 3 aromatic carbocycles. The smallest absolute Gasteiger partial charge is 0.337 e. The normalized spacial score (nSPS) is 12.0. The molecule has 0 saturated heterocycles. The van der Waals surface area contributed by atoms with Gasteiger partial charge in [-0.15, -0.1) is 0 Å². The minimum atomic E-state index is -1.05. The van der Waals surface area contributed by atoms with Gasteiger partial charge in [0.1, 0.15) is 5.58 Å². The molecule has 4 aromatic rings. The average molecular weight is 417 g/mol. The van der Waals surface area contributed by atoms with Crippen LogP contribution >= 0.6 is 0 Å². The molecule has 1 heterocycles. The second-order valence-electron chi connectivity index (χ2n) is 7.39. The van der Waals surface area contributed by atoms with Gasteiger partial charge in [-0.2, -0.15) is 4.39 Å². The number of anilines is 1. The lowest BCUT2D eigenvalue weighted by Gasteiger charge is -2.19. The zero-order chi connectivity index (χ0) is 22.1. The topological polar surface area (TPSA) is 79.5 Å². The SMILES string of the molecule is Cc1cc(C(C)Nc2ccccc2C(=O)O)c2oc(-c3ccccc3)c(F)c(=O)c2c1. The number of fused-ring (bicyclic) bond motifs is 1. The van der Waals surface area contributed by atoms with Crippen LogP contribution in [0.25, 0.3) is 22.3 Å². The van der Waals surface area contributed by atoms with Crippen LogP contribution in [0.4, 0.5) is 10.1 Å². The van der Waals surface area contributed by atoms with Gasteiger partial charge in [-0.3, -0.25) is 4.79 Å². The highest BCUT2D eigenvalue weighted by atomic mass is 19.1. The molecule has 4 rings (SSSR count). The summed E-state index contributed by atoms with van der Waals surface area (Å²) in [5.74, 6) is -2.11. The Hall–Kier alpha value is -3.93. The molecule has 0 amide bonds. The van der Waals surface area contributed by atoms with E-state index in [0.29, 0.717) is 16.8 Å². The van der Waals surface area contributed by atoms with E-state index in [1.807, 2.05) is 19.9 Å². The Labute approximate surface area is 177 Å². The van der Waals surface area contributed by atoms with E-state index in [-0.39, 0.29) is 22.3 Å². The van der Waals surface area contributed by atoms with Crippen LogP contribution in [-0.4, -0.2) is 11.1 Å². The highest BCUT2D eigenvalue weighted by Gasteiger charge is 2.21. The molecule has 0 bridgehead atoms. The van der Waals surface area contributed by atoms with Crippen LogP contribution in [0.5, 0.6) is 0 Å². The molecule has 2 N–H and O–H groups in total. The largest absolute Gasteiger partial charge is 0.478 e. The summed E-state index contributed by atoms with van der Waals surface area (Å²) in [7, 11) is 0. The third kappa shape index (κ3) is 3.80. The molecule has 6 heteroatoms. The van der Waals surface area contributed by atoms with E-state index < -0.39 is 23.3 Å². The number of nitrogens with one attached hydrogen (secondary N) is 1. The summed E-state index contributed by atoms with van der Waals surface area (Å²) in [6.45, 7) is 3.64. The van der Waals surface area contributed by atoms with Crippen LogP contribution in [0, 0.1) is 12.7 Å². The van der Waals surface area contributed by atoms with E-state index in [0.717, 1.165) is 5.56 Å². The van der Waals surface area contributed by atoms with Crippen molar-refractivity contribution in [3.05, 3.63) is 99.5 Å². The first-order valence-electron chi connectivity index (χ1n) is 9.78. The van der Waals surface area contributed by atoms with Crippen LogP contribution in [0.1, 0.15) is 34.5 Å². The molecular weight excluding hydrogens is 397 g/mol. The fourth-order valence-electron chi connectivity index (χ4n) is 3.66. The van der Waals surface area contributed by atoms with Crippen molar-refractivity contribution in [2.75, 3.05) is 5.32 Å². The molecule has 0 radical (unpaired) electrons. The molecule has 0 fully saturated rings. The quantitative estimate of drug-likeness (QED) is 0.430. The van der Waals surface area contributed by atoms with Crippen molar-refractivity contribution in [2.45, 2.75) is 19.9 Å². The molecule has 0 aliphatic rings. The molecule has 1 unspecified atom stereocenters. The number of hydrogen-bond acceptors (Lipinski definition) is 4. The summed E-state index contributed by atoms with van der Waals surface area (Å²) in [4.78, 5) is 24.4. The van der Waals surface area contributed by atoms with Crippen molar-refractivity contribution < 1.29 is 18.7 Å². The number of aromatic carboxylic acids is 1. The minimum Gasteiger partial charge on any atom is -0.478 e. The van der Waals surface area contributed by atoms with Crippen LogP contribution in [0.2, 0.25) is 0 Å². The standard InChI is InChI=1S/C25H20FNO4/c1-14-12-18(15(2)27-20-11-7-6-10-17(20)25(29)30)24-19(13-14)22(28)21(26)23(31-24)16-8-4-3-5-9-16/h3-13,15,27H,1-2H3,(H,29,30). The van der Waals surface area contributed by atoms with Gasteiger partial charge in [0.05, 0.1) is 17.0 Å². The van der Waals surface area contributed by atoms with Gasteiger partial charge >= 0.3 is 5.97 Å². The molecule has 5 nitrogen and oxygen atoms in total. The maximum absolute atomic E-state index is 14.9. The fraction of sp³-hybridized carbons (Fsp3) is 0.120. The number of halogens is 1. The second kappa shape index (κ2) is 8.07. The van der Waals surface area contributed by atoms with E-state index in [1.165, 1.54) is 6.07 Å². The highest BCUT2D eigenvalue weighted by Crippen LogP contribution is 2.32. The number of aryl methyl sites for hydroxylation is 1. The van der Waals surface area contributed by atoms with Crippen molar-refractivity contribution >= 4 is 22.6 Å². The second-order valence-corrected chi connectivity index (χ2v) is 7.39. The highest BCUT2D eigenvalue weighted by molar-refractivity contribution is 5.94. The third-order valence-electron chi connectivity index (χ3n) is 5.14. The number of carbonyl (C=O) groups is 1. The number of benzene rings is 3. The van der Waals surface area contributed by atoms with Crippen LogP contribution in [0.15, 0.2) is 75.9 Å². The van der Waals surface area contributed by atoms with E-state index in [1.54, 1.807) is 54.6 Å². The lowest BCUT2D eigenvalue weighted by Crippen LogP contribution is -2.14. The zero-order valence-corrected chi connectivity index (χ0v) is 17.0. The molecule has 0 spiro atoms. The molecular formula is C25H20FNO4. The van der Waals surface area contributed by atoms with Gasteiger partial charge in [-0.05, 0) is 37.6 Å². The number of para-hydroxylation sites is 1. The van der Waals surface area contributed by atoms with Crippen molar-refractivity contribution in [3.8, 4) is 11.3 Å². The van der Waals surface area contributed by atoms with Crippen molar-refractivity contribution in [1.82, 2.24) is 0 Å². The third-order valence-corrected chi connectivity index (χ3v) is 5.14. The first kappa shape index (κ1) is 20.3. The zero-order valence-electron chi connectivity index (χ0n) is 17.0. The first-order chi connectivity index (χ1) is 14.9. The lowest BCUT2D eigenvalue weighted by molar-refractivity contribution is 0.0698. The van der Waals surface area contributed by atoms with Crippen molar-refractivity contribution in [3.63, 3.8) is 0 Å². The van der Waals surface area contributed by atoms with Gasteiger partial charge in [0.2, 0.25) is 11.2 Å². The van der Waals surface area contributed by atoms with Crippen LogP contribution < -0.4 is 10.7 Å². The van der Waals surface area contributed by atoms with Crippen molar-refractivity contribution in [2.24, 2.45) is 0 Å². The maximum atomic E-state index is 14.9. The summed E-state index contributed by atoms with van der Waals surface area (Å²) in [6, 6.07) is 18.2. The number of carboxylic acid groups (broad SMARTS) is 1. The molecule has 0 saturated carbocycles. The monoisotopic (exact) mass is 417 g/mol. The minimum absolute atomic E-state index is 0.124. The van der Waals surface area contributed by atoms with E-state index in [2.05, 4.69) is 5.32 Å². The number of rotatable bonds is 5. The van der Waals surface area contributed by atoms with Crippen molar-refractivity contribution in [1.29, 1.82) is 0 Å². The Morgan fingerprint density at radius 1 is 1.06 bits per heavy atom. The Bertz CT molecular complexity index is 1350. The molecule has 0 aliphatic carbocycles. The predicted octanol–water partition coefficient (Wildman–Crippen LogP) is 5.78. The molecule has 0 aliphatic heterocycles. The number of carboxylic acids is 1. The Balaban J connectivity index is 1.89. The summed E-state index contributed by atoms with van der Waals surface area (Å²) in [6.07, 6.45) is 0. The van der Waals surface area contributed by atoms with Gasteiger partial charge in [0, 0.05) is 16.8 Å². The van der Waals surface area contributed by atoms with Crippen LogP contribution in [-0.2, 0) is 0 Å². The van der Waals surface area contributed by atoms with Gasteiger partial charge < -0.3 is 14.8 Å². The molecule has 1 aromatic heterocycles. The predicted molar refractivity (Wildman–Crippen MR) is 118 cm³/mol. The first-order valence-corrected chi connectivity index (χ1v) is 9.78. The van der Waals surface area contributed by atoms with Gasteiger partial charge in [-0.25, -0.2) is 4.79 Å². The lowest BCUT2D eigenvalue weighted by atomic mass is 10.00. The van der Waals surface area contributed by atoms with E-state index in [4.69, 9.17) is 4.42 Å².